The molecule has 0 spiro atoms. The summed E-state index contributed by atoms with van der Waals surface area (Å²) in [7, 11) is 2.09. The van der Waals surface area contributed by atoms with Crippen molar-refractivity contribution in [2.45, 2.75) is 39.5 Å². The van der Waals surface area contributed by atoms with Gasteiger partial charge in [0.25, 0.3) is 0 Å². The van der Waals surface area contributed by atoms with E-state index in [-0.39, 0.29) is 12.3 Å². The average molecular weight is 369 g/mol. The second-order valence-electron chi connectivity index (χ2n) is 5.83. The Hall–Kier alpha value is -1.70. The van der Waals surface area contributed by atoms with Crippen molar-refractivity contribution < 1.29 is 9.69 Å². The Bertz CT molecular complexity index is 753. The molecule has 2 rings (SSSR count). The first kappa shape index (κ1) is 18.6. The number of nitrogens with one attached hydrogen (secondary N) is 1. The lowest BCUT2D eigenvalue weighted by Gasteiger charge is -2.13. The van der Waals surface area contributed by atoms with Crippen LogP contribution in [0.5, 0.6) is 0 Å². The summed E-state index contributed by atoms with van der Waals surface area (Å²) >= 11 is 11.4. The molecule has 2 aromatic rings. The zero-order valence-corrected chi connectivity index (χ0v) is 15.5. The fourth-order valence-electron chi connectivity index (χ4n) is 2.59. The van der Waals surface area contributed by atoms with Crippen LogP contribution < -0.4 is 10.6 Å². The molecule has 130 valence electrons. The van der Waals surface area contributed by atoms with Gasteiger partial charge in [-0.3, -0.25) is 4.79 Å². The van der Waals surface area contributed by atoms with Crippen molar-refractivity contribution in [3.05, 3.63) is 45.4 Å². The largest absolute Gasteiger partial charge is 0.370 e. The van der Waals surface area contributed by atoms with E-state index in [0.717, 1.165) is 23.9 Å². The van der Waals surface area contributed by atoms with E-state index in [1.807, 2.05) is 40.4 Å². The number of nitrogens with two attached hydrogens (primary N) is 1. The van der Waals surface area contributed by atoms with Crippen molar-refractivity contribution in [3.63, 3.8) is 0 Å². The Balaban J connectivity index is 2.09. The van der Waals surface area contributed by atoms with Gasteiger partial charge in [-0.2, -0.15) is 9.78 Å². The van der Waals surface area contributed by atoms with E-state index in [1.54, 1.807) is 0 Å². The Morgan fingerprint density at radius 3 is 2.62 bits per heavy atom. The summed E-state index contributed by atoms with van der Waals surface area (Å²) in [5.41, 5.74) is 6.43. The van der Waals surface area contributed by atoms with Gasteiger partial charge in [0.05, 0.1) is 7.05 Å². The molecule has 1 amide bonds. The second-order valence-corrected chi connectivity index (χ2v) is 6.63. The van der Waals surface area contributed by atoms with Crippen LogP contribution in [0.4, 0.5) is 0 Å². The van der Waals surface area contributed by atoms with Crippen LogP contribution in [0.25, 0.3) is 0 Å². The quantitative estimate of drug-likeness (QED) is 0.687. The van der Waals surface area contributed by atoms with Gasteiger partial charge in [0.15, 0.2) is 6.67 Å². The summed E-state index contributed by atoms with van der Waals surface area (Å²) in [5.74, 6) is 0.476. The molecule has 6 nitrogen and oxygen atoms in total. The van der Waals surface area contributed by atoms with Crippen LogP contribution >= 0.6 is 23.8 Å². The number of nitrogens with zero attached hydrogens (tertiary/aromatic N) is 3. The highest BCUT2D eigenvalue weighted by molar-refractivity contribution is 7.71. The van der Waals surface area contributed by atoms with Crippen molar-refractivity contribution in [2.24, 2.45) is 5.73 Å². The lowest BCUT2D eigenvalue weighted by atomic mass is 10.2. The first-order valence-electron chi connectivity index (χ1n) is 7.91. The maximum Gasteiger partial charge on any atom is 0.217 e. The van der Waals surface area contributed by atoms with E-state index < -0.39 is 0 Å². The summed E-state index contributed by atoms with van der Waals surface area (Å²) in [5, 5.41) is 5.31. The number of rotatable bonds is 8. The van der Waals surface area contributed by atoms with Crippen molar-refractivity contribution in [1.29, 1.82) is 0 Å². The minimum Gasteiger partial charge on any atom is -0.370 e. The minimum absolute atomic E-state index is 0.277. The molecule has 0 saturated heterocycles. The first-order valence-corrected chi connectivity index (χ1v) is 8.70. The normalized spacial score (nSPS) is 12.3. The number of primary amides is 1. The summed E-state index contributed by atoms with van der Waals surface area (Å²) in [6.45, 7) is 4.23. The lowest BCUT2D eigenvalue weighted by Crippen LogP contribution is -3.07. The fourth-order valence-corrected chi connectivity index (χ4v) is 3.05. The maximum absolute atomic E-state index is 11.0. The fraction of sp³-hybridized carbons (Fsp3) is 0.438. The maximum atomic E-state index is 11.0. The van der Waals surface area contributed by atoms with Gasteiger partial charge in [-0.1, -0.05) is 23.7 Å². The Morgan fingerprint density at radius 1 is 1.38 bits per heavy atom. The number of benzene rings is 1. The van der Waals surface area contributed by atoms with E-state index in [1.165, 1.54) is 10.5 Å². The number of aryl methyl sites for hydroxylation is 1. The van der Waals surface area contributed by atoms with E-state index >= 15 is 0 Å². The molecule has 0 aliphatic heterocycles. The van der Waals surface area contributed by atoms with Crippen molar-refractivity contribution in [1.82, 2.24) is 14.3 Å². The van der Waals surface area contributed by atoms with Gasteiger partial charge in [-0.25, -0.2) is 0 Å². The Kier molecular flexibility index (Phi) is 6.53. The topological polar surface area (TPSA) is 70.3 Å². The first-order chi connectivity index (χ1) is 11.4. The molecule has 1 aromatic heterocycles. The smallest absolute Gasteiger partial charge is 0.217 e. The molecule has 8 heteroatoms. The number of aromatic nitrogens is 3. The van der Waals surface area contributed by atoms with E-state index in [9.17, 15) is 4.79 Å². The van der Waals surface area contributed by atoms with Gasteiger partial charge in [0, 0.05) is 30.0 Å². The molecule has 0 saturated carbocycles. The third-order valence-corrected chi connectivity index (χ3v) is 4.43. The van der Waals surface area contributed by atoms with Crippen molar-refractivity contribution in [2.75, 3.05) is 7.05 Å². The molecule has 0 aliphatic rings. The monoisotopic (exact) mass is 368 g/mol. The molecular formula is C16H23ClN5OS+. The molecule has 0 radical (unpaired) electrons. The molecule has 1 heterocycles. The van der Waals surface area contributed by atoms with Gasteiger partial charge >= 0.3 is 0 Å². The van der Waals surface area contributed by atoms with Gasteiger partial charge in [0.1, 0.15) is 12.4 Å². The van der Waals surface area contributed by atoms with Crippen LogP contribution in [-0.2, 0) is 31.0 Å². The second kappa shape index (κ2) is 8.41. The molecule has 0 fully saturated rings. The van der Waals surface area contributed by atoms with Crippen molar-refractivity contribution in [3.8, 4) is 0 Å². The Labute approximate surface area is 151 Å². The van der Waals surface area contributed by atoms with Crippen LogP contribution in [0.1, 0.15) is 24.7 Å². The molecule has 24 heavy (non-hydrogen) atoms. The number of amides is 1. The summed E-state index contributed by atoms with van der Waals surface area (Å²) in [6, 6.07) is 7.83. The number of hydrogen-bond acceptors (Lipinski definition) is 3. The van der Waals surface area contributed by atoms with E-state index in [2.05, 4.69) is 12.1 Å². The zero-order chi connectivity index (χ0) is 17.7. The number of carbonyl (C=O) groups is 1. The SMILES string of the molecule is CCn1c(CCC(N)=O)nn(C[NH+](C)Cc2ccc(Cl)cc2)c1=S. The number of carbonyl (C=O) groups excluding carboxylic acids is 1. The lowest BCUT2D eigenvalue weighted by molar-refractivity contribution is -0.917. The van der Waals surface area contributed by atoms with Gasteiger partial charge in [-0.15, -0.1) is 0 Å². The van der Waals surface area contributed by atoms with Crippen molar-refractivity contribution >= 4 is 29.7 Å². The van der Waals surface area contributed by atoms with Crippen LogP contribution in [0.2, 0.25) is 5.02 Å². The number of quaternary nitrogens is 1. The average Bonchev–Trinajstić information content (AvgIpc) is 2.83. The highest BCUT2D eigenvalue weighted by Gasteiger charge is 2.13. The third kappa shape index (κ3) is 4.90. The third-order valence-electron chi connectivity index (χ3n) is 3.75. The standard InChI is InChI=1S/C16H22ClN5OS/c1-3-21-15(9-8-14(18)23)19-22(16(21)24)11-20(2)10-12-4-6-13(17)7-5-12/h4-7H,3,8-11H2,1-2H3,(H2,18,23)/p+1. The van der Waals surface area contributed by atoms with Gasteiger partial charge < -0.3 is 15.2 Å². The zero-order valence-electron chi connectivity index (χ0n) is 14.0. The molecular weight excluding hydrogens is 346 g/mol. The van der Waals surface area contributed by atoms with Gasteiger partial charge in [-0.05, 0) is 31.3 Å². The summed E-state index contributed by atoms with van der Waals surface area (Å²) in [4.78, 5) is 12.3. The van der Waals surface area contributed by atoms with E-state index in [4.69, 9.17) is 29.6 Å². The minimum atomic E-state index is -0.330. The molecule has 0 bridgehead atoms. The number of hydrogen-bond donors (Lipinski definition) is 2. The van der Waals surface area contributed by atoms with E-state index in [0.29, 0.717) is 17.9 Å². The summed E-state index contributed by atoms with van der Waals surface area (Å²) < 4.78 is 4.45. The molecule has 1 aromatic carbocycles. The molecule has 0 aliphatic carbocycles. The highest BCUT2D eigenvalue weighted by Crippen LogP contribution is 2.08. The van der Waals surface area contributed by atoms with Crippen LogP contribution in [0.15, 0.2) is 24.3 Å². The number of halogens is 1. The highest BCUT2D eigenvalue weighted by atomic mass is 35.5. The summed E-state index contributed by atoms with van der Waals surface area (Å²) in [6.07, 6.45) is 0.787. The van der Waals surface area contributed by atoms with Gasteiger partial charge in [0.2, 0.25) is 10.7 Å². The van der Waals surface area contributed by atoms with Crippen LogP contribution in [0.3, 0.4) is 0 Å². The van der Waals surface area contributed by atoms with Crippen LogP contribution in [0, 0.1) is 4.77 Å². The molecule has 3 N–H and O–H groups in total. The predicted octanol–water partition coefficient (Wildman–Crippen LogP) is 1.18. The molecule has 1 unspecified atom stereocenters. The Morgan fingerprint density at radius 2 is 2.04 bits per heavy atom. The van der Waals surface area contributed by atoms with Crippen LogP contribution in [-0.4, -0.2) is 27.3 Å². The predicted molar refractivity (Wildman–Crippen MR) is 96.3 cm³/mol. The molecule has 1 atom stereocenters.